The molecule has 3 aromatic rings. The summed E-state index contributed by atoms with van der Waals surface area (Å²) in [6, 6.07) is 13.4. The highest BCUT2D eigenvalue weighted by atomic mass is 16.5. The fourth-order valence-electron chi connectivity index (χ4n) is 3.14. The number of fused-ring (bicyclic) bond motifs is 1. The van der Waals surface area contributed by atoms with Crippen LogP contribution in [0.2, 0.25) is 0 Å². The zero-order chi connectivity index (χ0) is 18.3. The molecule has 0 unspecified atom stereocenters. The molecule has 0 aliphatic carbocycles. The predicted molar refractivity (Wildman–Crippen MR) is 93.3 cm³/mol. The number of nitrogens with two attached hydrogens (primary N) is 1. The quantitative estimate of drug-likeness (QED) is 0.752. The number of aryl methyl sites for hydroxylation is 1. The average molecular weight is 348 g/mol. The zero-order valence-electron chi connectivity index (χ0n) is 14.2. The Balaban J connectivity index is 1.93. The molecule has 1 atom stereocenters. The number of hydrogen-bond donors (Lipinski definition) is 2. The second kappa shape index (κ2) is 6.01. The summed E-state index contributed by atoms with van der Waals surface area (Å²) in [5.41, 5.74) is 8.52. The average Bonchev–Trinajstić information content (AvgIpc) is 3.26. The van der Waals surface area contributed by atoms with Gasteiger partial charge in [-0.1, -0.05) is 12.1 Å². The first-order valence-electron chi connectivity index (χ1n) is 7.99. The van der Waals surface area contributed by atoms with E-state index < -0.39 is 5.92 Å². The normalized spacial score (nSPS) is 16.0. The van der Waals surface area contributed by atoms with Gasteiger partial charge in [-0.15, -0.1) is 5.10 Å². The maximum absolute atomic E-state index is 9.65. The molecular weight excluding hydrogens is 332 g/mol. The predicted octanol–water partition coefficient (Wildman–Crippen LogP) is 3.20. The van der Waals surface area contributed by atoms with Gasteiger partial charge in [-0.25, -0.2) is 0 Å². The number of nitrogens with one attached hydrogen (secondary N) is 1. The minimum atomic E-state index is -0.502. The summed E-state index contributed by atoms with van der Waals surface area (Å²) in [5.74, 6) is 1.93. The molecule has 3 heterocycles. The highest BCUT2D eigenvalue weighted by molar-refractivity contribution is 5.71. The van der Waals surface area contributed by atoms with E-state index in [-0.39, 0.29) is 11.5 Å². The number of benzene rings is 1. The number of aromatic nitrogens is 2. The van der Waals surface area contributed by atoms with E-state index in [1.54, 1.807) is 7.11 Å². The maximum Gasteiger partial charge on any atom is 0.244 e. The first kappa shape index (κ1) is 15.8. The van der Waals surface area contributed by atoms with Crippen molar-refractivity contribution in [2.24, 2.45) is 5.73 Å². The number of rotatable bonds is 3. The van der Waals surface area contributed by atoms with E-state index in [4.69, 9.17) is 19.6 Å². The van der Waals surface area contributed by atoms with Crippen LogP contribution in [0.25, 0.3) is 11.3 Å². The summed E-state index contributed by atoms with van der Waals surface area (Å²) in [7, 11) is 1.61. The SMILES string of the molecule is COc1cccc(-c2[nH]nc3c2[C@@H](c2ccc(C)o2)C(C#N)=C(N)O3)c1. The third kappa shape index (κ3) is 2.40. The number of nitriles is 1. The van der Waals surface area contributed by atoms with E-state index in [1.807, 2.05) is 43.3 Å². The Morgan fingerprint density at radius 3 is 2.85 bits per heavy atom. The molecule has 4 rings (SSSR count). The van der Waals surface area contributed by atoms with Crippen LogP contribution in [-0.4, -0.2) is 17.3 Å². The van der Waals surface area contributed by atoms with E-state index in [0.29, 0.717) is 23.0 Å². The monoisotopic (exact) mass is 348 g/mol. The van der Waals surface area contributed by atoms with Crippen molar-refractivity contribution in [1.29, 1.82) is 5.26 Å². The van der Waals surface area contributed by atoms with Gasteiger partial charge in [-0.05, 0) is 31.2 Å². The van der Waals surface area contributed by atoms with Crippen molar-refractivity contribution >= 4 is 0 Å². The topological polar surface area (TPSA) is 110 Å². The molecule has 26 heavy (non-hydrogen) atoms. The number of H-pyrrole nitrogens is 1. The van der Waals surface area contributed by atoms with E-state index in [9.17, 15) is 5.26 Å². The number of ether oxygens (including phenoxy) is 2. The van der Waals surface area contributed by atoms with Gasteiger partial charge >= 0.3 is 0 Å². The van der Waals surface area contributed by atoms with Crippen molar-refractivity contribution < 1.29 is 13.9 Å². The summed E-state index contributed by atoms with van der Waals surface area (Å²) in [5, 5.41) is 16.9. The van der Waals surface area contributed by atoms with Gasteiger partial charge in [-0.3, -0.25) is 5.10 Å². The minimum absolute atomic E-state index is 0.0303. The summed E-state index contributed by atoms with van der Waals surface area (Å²) < 4.78 is 16.7. The van der Waals surface area contributed by atoms with Crippen molar-refractivity contribution in [3.8, 4) is 29.0 Å². The second-order valence-electron chi connectivity index (χ2n) is 5.92. The third-order valence-corrected chi connectivity index (χ3v) is 4.34. The Morgan fingerprint density at radius 2 is 2.15 bits per heavy atom. The molecule has 0 fully saturated rings. The Bertz CT molecular complexity index is 1050. The van der Waals surface area contributed by atoms with Crippen molar-refractivity contribution in [2.75, 3.05) is 7.11 Å². The van der Waals surface area contributed by atoms with E-state index in [1.165, 1.54) is 0 Å². The molecule has 0 saturated carbocycles. The molecule has 1 aliphatic heterocycles. The van der Waals surface area contributed by atoms with Crippen LogP contribution in [0.3, 0.4) is 0 Å². The van der Waals surface area contributed by atoms with Crippen molar-refractivity contribution in [3.05, 3.63) is 64.9 Å². The highest BCUT2D eigenvalue weighted by Crippen LogP contribution is 2.46. The number of methoxy groups -OCH3 is 1. The lowest BCUT2D eigenvalue weighted by Crippen LogP contribution is -2.20. The largest absolute Gasteiger partial charge is 0.497 e. The standard InChI is InChI=1S/C19H16N4O3/c1-10-6-7-14(25-10)15-13(9-20)18(21)26-19-16(15)17(22-23-19)11-4-3-5-12(8-11)24-2/h3-8,15H,21H2,1-2H3,(H,22,23)/t15-/m1/s1. The first-order chi connectivity index (χ1) is 12.6. The van der Waals surface area contributed by atoms with Gasteiger partial charge in [0.15, 0.2) is 0 Å². The number of hydrogen-bond acceptors (Lipinski definition) is 6. The Labute approximate surface area is 149 Å². The fraction of sp³-hybridized carbons (Fsp3) is 0.158. The first-order valence-corrected chi connectivity index (χ1v) is 7.99. The molecule has 0 bridgehead atoms. The lowest BCUT2D eigenvalue weighted by Gasteiger charge is -2.22. The molecule has 1 aromatic carbocycles. The number of furan rings is 1. The van der Waals surface area contributed by atoms with Gasteiger partial charge < -0.3 is 19.6 Å². The van der Waals surface area contributed by atoms with Crippen molar-refractivity contribution in [3.63, 3.8) is 0 Å². The lowest BCUT2D eigenvalue weighted by molar-refractivity contribution is 0.369. The Hall–Kier alpha value is -3.66. The molecule has 7 heteroatoms. The summed E-state index contributed by atoms with van der Waals surface area (Å²) in [6.07, 6.45) is 0. The molecule has 1 aliphatic rings. The molecule has 3 N–H and O–H groups in total. The van der Waals surface area contributed by atoms with Crippen LogP contribution in [0.4, 0.5) is 0 Å². The van der Waals surface area contributed by atoms with Crippen molar-refractivity contribution in [2.45, 2.75) is 12.8 Å². The van der Waals surface area contributed by atoms with Crippen LogP contribution in [0.1, 0.15) is 23.0 Å². The van der Waals surface area contributed by atoms with Gasteiger partial charge in [0.2, 0.25) is 11.8 Å². The van der Waals surface area contributed by atoms with Gasteiger partial charge in [-0.2, -0.15) is 5.26 Å². The van der Waals surface area contributed by atoms with Gasteiger partial charge in [0.05, 0.1) is 24.3 Å². The Morgan fingerprint density at radius 1 is 1.31 bits per heavy atom. The van der Waals surface area contributed by atoms with Gasteiger partial charge in [0.25, 0.3) is 0 Å². The molecular formula is C19H16N4O3. The van der Waals surface area contributed by atoms with Crippen LogP contribution >= 0.6 is 0 Å². The number of nitrogens with zero attached hydrogens (tertiary/aromatic N) is 2. The highest BCUT2D eigenvalue weighted by Gasteiger charge is 2.37. The van der Waals surface area contributed by atoms with E-state index in [0.717, 1.165) is 17.0 Å². The second-order valence-corrected chi connectivity index (χ2v) is 5.92. The van der Waals surface area contributed by atoms with Crippen LogP contribution in [0.5, 0.6) is 11.6 Å². The molecule has 0 radical (unpaired) electrons. The summed E-state index contributed by atoms with van der Waals surface area (Å²) in [4.78, 5) is 0. The zero-order valence-corrected chi connectivity index (χ0v) is 14.2. The molecule has 2 aromatic heterocycles. The lowest BCUT2D eigenvalue weighted by atomic mass is 9.86. The smallest absolute Gasteiger partial charge is 0.244 e. The van der Waals surface area contributed by atoms with Crippen LogP contribution < -0.4 is 15.2 Å². The van der Waals surface area contributed by atoms with Crippen LogP contribution in [0, 0.1) is 18.3 Å². The Kier molecular flexibility index (Phi) is 3.66. The third-order valence-electron chi connectivity index (χ3n) is 4.34. The van der Waals surface area contributed by atoms with Crippen LogP contribution in [0.15, 0.2) is 52.3 Å². The van der Waals surface area contributed by atoms with E-state index in [2.05, 4.69) is 16.3 Å². The number of aromatic amines is 1. The van der Waals surface area contributed by atoms with Gasteiger partial charge in [0.1, 0.15) is 28.9 Å². The molecule has 0 saturated heterocycles. The molecule has 0 spiro atoms. The van der Waals surface area contributed by atoms with Crippen molar-refractivity contribution in [1.82, 2.24) is 10.2 Å². The maximum atomic E-state index is 9.65. The van der Waals surface area contributed by atoms with Gasteiger partial charge in [0, 0.05) is 5.56 Å². The van der Waals surface area contributed by atoms with Crippen LogP contribution in [-0.2, 0) is 0 Å². The molecule has 0 amide bonds. The minimum Gasteiger partial charge on any atom is -0.497 e. The molecule has 130 valence electrons. The number of allylic oxidation sites excluding steroid dienone is 1. The fourth-order valence-corrected chi connectivity index (χ4v) is 3.14. The summed E-state index contributed by atoms with van der Waals surface area (Å²) in [6.45, 7) is 1.85. The molecule has 7 nitrogen and oxygen atoms in total. The van der Waals surface area contributed by atoms with E-state index >= 15 is 0 Å². The summed E-state index contributed by atoms with van der Waals surface area (Å²) >= 11 is 0.